The Morgan fingerprint density at radius 2 is 2.05 bits per heavy atom. The number of nitrogens with zero attached hydrogens (tertiary/aromatic N) is 1. The maximum absolute atomic E-state index is 12.2. The lowest BCUT2D eigenvalue weighted by Crippen LogP contribution is -2.49. The summed E-state index contributed by atoms with van der Waals surface area (Å²) in [4.78, 5) is 27.0. The Bertz CT molecular complexity index is 467. The minimum absolute atomic E-state index is 0.312. The van der Waals surface area contributed by atoms with Gasteiger partial charge >= 0.3 is 11.9 Å². The van der Waals surface area contributed by atoms with Crippen molar-refractivity contribution in [1.29, 1.82) is 0 Å². The van der Waals surface area contributed by atoms with Crippen molar-refractivity contribution in [2.24, 2.45) is 5.73 Å². The first-order valence-corrected chi connectivity index (χ1v) is 5.80. The van der Waals surface area contributed by atoms with E-state index in [9.17, 15) is 9.59 Å². The van der Waals surface area contributed by atoms with Crippen LogP contribution in [0.3, 0.4) is 0 Å². The molecule has 0 spiro atoms. The Labute approximate surface area is 111 Å². The number of nitrogens with two attached hydrogens (primary N) is 1. The maximum atomic E-state index is 12.2. The van der Waals surface area contributed by atoms with Crippen LogP contribution in [0.5, 0.6) is 0 Å². The molecule has 1 atom stereocenters. The summed E-state index contributed by atoms with van der Waals surface area (Å²) in [7, 11) is 0. The molecule has 6 nitrogen and oxygen atoms in total. The molecule has 0 aliphatic heterocycles. The summed E-state index contributed by atoms with van der Waals surface area (Å²) in [6.07, 6.45) is 2.32. The third-order valence-corrected chi connectivity index (χ3v) is 2.37. The molecule has 0 fully saturated rings. The molecular weight excluding hydrogens is 248 g/mol. The van der Waals surface area contributed by atoms with E-state index in [1.165, 1.54) is 12.4 Å². The van der Waals surface area contributed by atoms with Crippen molar-refractivity contribution < 1.29 is 19.4 Å². The summed E-state index contributed by atoms with van der Waals surface area (Å²) in [6.45, 7) is 5.07. The molecule has 1 rings (SSSR count). The maximum Gasteiger partial charge on any atom is 0.331 e. The van der Waals surface area contributed by atoms with Crippen LogP contribution in [-0.2, 0) is 19.9 Å². The Balaban J connectivity index is 3.14. The van der Waals surface area contributed by atoms with Crippen molar-refractivity contribution in [3.8, 4) is 0 Å². The molecule has 0 saturated carbocycles. The molecule has 0 aromatic carbocycles. The van der Waals surface area contributed by atoms with Gasteiger partial charge in [-0.15, -0.1) is 0 Å². The molecule has 0 aliphatic carbocycles. The third kappa shape index (κ3) is 4.03. The number of carbonyl (C=O) groups is 2. The van der Waals surface area contributed by atoms with Crippen LogP contribution in [0.15, 0.2) is 24.5 Å². The van der Waals surface area contributed by atoms with Crippen molar-refractivity contribution in [2.75, 3.05) is 0 Å². The predicted octanol–water partition coefficient (Wildman–Crippen LogP) is 1.05. The second-order valence-electron chi connectivity index (χ2n) is 5.29. The molecular formula is C13H18N2O4. The van der Waals surface area contributed by atoms with Gasteiger partial charge in [-0.3, -0.25) is 9.78 Å². The monoisotopic (exact) mass is 266 g/mol. The molecule has 6 heteroatoms. The van der Waals surface area contributed by atoms with Crippen LogP contribution in [0.1, 0.15) is 32.8 Å². The highest BCUT2D eigenvalue weighted by Gasteiger charge is 2.42. The molecule has 1 aromatic rings. The lowest BCUT2D eigenvalue weighted by molar-refractivity contribution is -0.165. The molecule has 0 unspecified atom stereocenters. The van der Waals surface area contributed by atoms with Gasteiger partial charge in [0.2, 0.25) is 0 Å². The van der Waals surface area contributed by atoms with Crippen LogP contribution in [0.25, 0.3) is 0 Å². The smallest absolute Gasteiger partial charge is 0.331 e. The van der Waals surface area contributed by atoms with Crippen LogP contribution in [0, 0.1) is 0 Å². The van der Waals surface area contributed by atoms with Gasteiger partial charge in [0, 0.05) is 18.0 Å². The number of hydrogen-bond acceptors (Lipinski definition) is 5. The molecule has 0 aliphatic rings. The van der Waals surface area contributed by atoms with Crippen LogP contribution in [0.2, 0.25) is 0 Å². The van der Waals surface area contributed by atoms with E-state index < -0.39 is 29.5 Å². The third-order valence-electron chi connectivity index (χ3n) is 2.37. The molecule has 0 bridgehead atoms. The van der Waals surface area contributed by atoms with Gasteiger partial charge in [-0.1, -0.05) is 6.07 Å². The summed E-state index contributed by atoms with van der Waals surface area (Å²) < 4.78 is 5.20. The van der Waals surface area contributed by atoms with E-state index in [1.54, 1.807) is 32.9 Å². The van der Waals surface area contributed by atoms with E-state index in [2.05, 4.69) is 4.98 Å². The normalized spacial score (nSPS) is 14.5. The van der Waals surface area contributed by atoms with E-state index >= 15 is 0 Å². The van der Waals surface area contributed by atoms with Gasteiger partial charge in [0.15, 0.2) is 5.54 Å². The molecule has 1 heterocycles. The van der Waals surface area contributed by atoms with Gasteiger partial charge in [0.25, 0.3) is 0 Å². The van der Waals surface area contributed by atoms with Gasteiger partial charge in [0.05, 0.1) is 6.42 Å². The fourth-order valence-electron chi connectivity index (χ4n) is 1.53. The topological polar surface area (TPSA) is 103 Å². The fraction of sp³-hybridized carbons (Fsp3) is 0.462. The van der Waals surface area contributed by atoms with Crippen LogP contribution >= 0.6 is 0 Å². The number of aromatic nitrogens is 1. The van der Waals surface area contributed by atoms with Gasteiger partial charge in [0.1, 0.15) is 5.60 Å². The van der Waals surface area contributed by atoms with Crippen molar-refractivity contribution >= 4 is 11.9 Å². The first kappa shape index (κ1) is 15.1. The van der Waals surface area contributed by atoms with E-state index in [4.69, 9.17) is 15.6 Å². The van der Waals surface area contributed by atoms with E-state index in [0.29, 0.717) is 5.56 Å². The molecule has 1 aromatic heterocycles. The fourth-order valence-corrected chi connectivity index (χ4v) is 1.53. The van der Waals surface area contributed by atoms with Crippen LogP contribution in [0.4, 0.5) is 0 Å². The molecule has 19 heavy (non-hydrogen) atoms. The molecule has 104 valence electrons. The summed E-state index contributed by atoms with van der Waals surface area (Å²) in [5, 5.41) is 8.95. The van der Waals surface area contributed by atoms with Crippen LogP contribution < -0.4 is 5.73 Å². The largest absolute Gasteiger partial charge is 0.481 e. The predicted molar refractivity (Wildman–Crippen MR) is 68.2 cm³/mol. The number of pyridine rings is 1. The highest BCUT2D eigenvalue weighted by atomic mass is 16.6. The summed E-state index contributed by atoms with van der Waals surface area (Å²) in [6, 6.07) is 3.14. The molecule has 0 radical (unpaired) electrons. The van der Waals surface area contributed by atoms with Crippen molar-refractivity contribution in [3.63, 3.8) is 0 Å². The minimum Gasteiger partial charge on any atom is -0.481 e. The average Bonchev–Trinajstić information content (AvgIpc) is 2.26. The molecule has 3 N–H and O–H groups in total. The quantitative estimate of drug-likeness (QED) is 0.790. The van der Waals surface area contributed by atoms with E-state index in [0.717, 1.165) is 0 Å². The first-order chi connectivity index (χ1) is 8.65. The van der Waals surface area contributed by atoms with E-state index in [1.807, 2.05) is 0 Å². The second kappa shape index (κ2) is 5.36. The summed E-state index contributed by atoms with van der Waals surface area (Å²) in [5.41, 5.74) is 3.80. The number of aliphatic carboxylic acids is 1. The highest BCUT2D eigenvalue weighted by Crippen LogP contribution is 2.25. The standard InChI is InChI=1S/C13H18N2O4/c1-12(2,3)19-11(18)13(14,7-10(16)17)9-5-4-6-15-8-9/h4-6,8H,7,14H2,1-3H3,(H,16,17)/t13-/m0/s1. The summed E-state index contributed by atoms with van der Waals surface area (Å²) >= 11 is 0. The lowest BCUT2D eigenvalue weighted by atomic mass is 9.88. The number of carbonyl (C=O) groups excluding carboxylic acids is 1. The Kier molecular flexibility index (Phi) is 4.26. The van der Waals surface area contributed by atoms with Crippen molar-refractivity contribution in [1.82, 2.24) is 4.98 Å². The Hall–Kier alpha value is -1.95. The summed E-state index contributed by atoms with van der Waals surface area (Å²) in [5.74, 6) is -1.97. The number of hydrogen-bond donors (Lipinski definition) is 2. The SMILES string of the molecule is CC(C)(C)OC(=O)[C@](N)(CC(=O)O)c1cccnc1. The van der Waals surface area contributed by atoms with Crippen molar-refractivity contribution in [2.45, 2.75) is 38.3 Å². The zero-order chi connectivity index (χ0) is 14.7. The number of carboxylic acids is 1. The lowest BCUT2D eigenvalue weighted by Gasteiger charge is -2.30. The van der Waals surface area contributed by atoms with Gasteiger partial charge < -0.3 is 15.6 Å². The van der Waals surface area contributed by atoms with Crippen LogP contribution in [-0.4, -0.2) is 27.6 Å². The van der Waals surface area contributed by atoms with Gasteiger partial charge in [-0.05, 0) is 26.8 Å². The zero-order valence-electron chi connectivity index (χ0n) is 11.2. The average molecular weight is 266 g/mol. The number of rotatable bonds is 4. The number of carboxylic acid groups (broad SMARTS) is 1. The van der Waals surface area contributed by atoms with Gasteiger partial charge in [-0.2, -0.15) is 0 Å². The number of ether oxygens (including phenoxy) is 1. The van der Waals surface area contributed by atoms with E-state index in [-0.39, 0.29) is 0 Å². The van der Waals surface area contributed by atoms with Crippen molar-refractivity contribution in [3.05, 3.63) is 30.1 Å². The Morgan fingerprint density at radius 1 is 1.42 bits per heavy atom. The first-order valence-electron chi connectivity index (χ1n) is 5.80. The number of esters is 1. The molecule has 0 amide bonds. The molecule has 0 saturated heterocycles. The van der Waals surface area contributed by atoms with Gasteiger partial charge in [-0.25, -0.2) is 4.79 Å². The minimum atomic E-state index is -1.74. The second-order valence-corrected chi connectivity index (χ2v) is 5.29. The highest BCUT2D eigenvalue weighted by molar-refractivity contribution is 5.87. The Morgan fingerprint density at radius 3 is 2.47 bits per heavy atom. The zero-order valence-corrected chi connectivity index (χ0v) is 11.2.